The van der Waals surface area contributed by atoms with Gasteiger partial charge in [0, 0.05) is 29.8 Å². The zero-order valence-corrected chi connectivity index (χ0v) is 16.2. The van der Waals surface area contributed by atoms with Crippen molar-refractivity contribution in [1.82, 2.24) is 9.88 Å². The van der Waals surface area contributed by atoms with Gasteiger partial charge >= 0.3 is 6.03 Å². The highest BCUT2D eigenvalue weighted by atomic mass is 16.3. The van der Waals surface area contributed by atoms with E-state index in [2.05, 4.69) is 10.3 Å². The molecule has 3 N–H and O–H groups in total. The van der Waals surface area contributed by atoms with Crippen LogP contribution in [0.1, 0.15) is 23.1 Å². The van der Waals surface area contributed by atoms with Crippen molar-refractivity contribution in [3.8, 4) is 0 Å². The molecule has 0 bridgehead atoms. The molecule has 1 aromatic heterocycles. The van der Waals surface area contributed by atoms with Gasteiger partial charge in [0.2, 0.25) is 0 Å². The van der Waals surface area contributed by atoms with Crippen molar-refractivity contribution >= 4 is 22.6 Å². The summed E-state index contributed by atoms with van der Waals surface area (Å²) in [5.74, 6) is 0. The number of anilines is 1. The number of carbonyl (C=O) groups is 1. The predicted octanol–water partition coefficient (Wildman–Crippen LogP) is 3.56. The molecule has 146 valence electrons. The smallest absolute Gasteiger partial charge is 0.322 e. The van der Waals surface area contributed by atoms with Crippen LogP contribution in [0.3, 0.4) is 0 Å². The molecule has 0 aliphatic carbocycles. The quantitative estimate of drug-likeness (QED) is 0.612. The van der Waals surface area contributed by atoms with Crippen LogP contribution in [0.5, 0.6) is 0 Å². The maximum absolute atomic E-state index is 12.7. The van der Waals surface area contributed by atoms with Gasteiger partial charge in [-0.1, -0.05) is 30.3 Å². The first-order chi connectivity index (χ1) is 13.5. The Kier molecular flexibility index (Phi) is 6.11. The van der Waals surface area contributed by atoms with E-state index in [1.54, 1.807) is 17.0 Å². The van der Waals surface area contributed by atoms with E-state index >= 15 is 0 Å². The van der Waals surface area contributed by atoms with Crippen LogP contribution < -0.4 is 10.9 Å². The van der Waals surface area contributed by atoms with E-state index in [0.29, 0.717) is 24.2 Å². The summed E-state index contributed by atoms with van der Waals surface area (Å²) in [6.07, 6.45) is 0.436. The summed E-state index contributed by atoms with van der Waals surface area (Å²) in [6.45, 7) is 4.44. The highest BCUT2D eigenvalue weighted by Gasteiger charge is 2.17. The highest BCUT2D eigenvalue weighted by molar-refractivity contribution is 5.89. The van der Waals surface area contributed by atoms with Crippen LogP contribution in [0, 0.1) is 13.8 Å². The molecule has 6 heteroatoms. The Morgan fingerprint density at radius 1 is 1.11 bits per heavy atom. The van der Waals surface area contributed by atoms with Gasteiger partial charge in [-0.05, 0) is 49.6 Å². The molecular formula is C22H25N3O3. The minimum Gasteiger partial charge on any atom is -0.396 e. The van der Waals surface area contributed by atoms with Gasteiger partial charge in [-0.2, -0.15) is 0 Å². The molecule has 1 heterocycles. The number of para-hydroxylation sites is 1. The minimum absolute atomic E-state index is 0.0263. The number of aromatic nitrogens is 1. The Bertz CT molecular complexity index is 1030. The van der Waals surface area contributed by atoms with Crippen molar-refractivity contribution in [3.63, 3.8) is 0 Å². The van der Waals surface area contributed by atoms with Crippen LogP contribution in [-0.2, 0) is 6.54 Å². The molecule has 0 aliphatic rings. The Balaban J connectivity index is 1.90. The first kappa shape index (κ1) is 19.6. The number of rotatable bonds is 6. The lowest BCUT2D eigenvalue weighted by atomic mass is 10.0. The maximum Gasteiger partial charge on any atom is 0.322 e. The van der Waals surface area contributed by atoms with Gasteiger partial charge in [0.1, 0.15) is 0 Å². The Morgan fingerprint density at radius 3 is 2.54 bits per heavy atom. The molecule has 3 rings (SSSR count). The number of urea groups is 1. The summed E-state index contributed by atoms with van der Waals surface area (Å²) in [5.41, 5.74) is 3.88. The molecular weight excluding hydrogens is 354 g/mol. The first-order valence-corrected chi connectivity index (χ1v) is 9.33. The molecule has 0 saturated heterocycles. The largest absolute Gasteiger partial charge is 0.396 e. The summed E-state index contributed by atoms with van der Waals surface area (Å²) >= 11 is 0. The number of carbonyl (C=O) groups excluding carboxylic acids is 1. The van der Waals surface area contributed by atoms with Gasteiger partial charge in [0.15, 0.2) is 0 Å². The fraction of sp³-hybridized carbons (Fsp3) is 0.273. The van der Waals surface area contributed by atoms with Crippen molar-refractivity contribution in [2.45, 2.75) is 26.8 Å². The van der Waals surface area contributed by atoms with Gasteiger partial charge in [0.25, 0.3) is 5.56 Å². The third kappa shape index (κ3) is 4.40. The Hall–Kier alpha value is -3.12. The lowest BCUT2D eigenvalue weighted by Gasteiger charge is -2.23. The van der Waals surface area contributed by atoms with Crippen LogP contribution in [-0.4, -0.2) is 34.2 Å². The van der Waals surface area contributed by atoms with E-state index in [1.165, 1.54) is 0 Å². The summed E-state index contributed by atoms with van der Waals surface area (Å²) in [5, 5.41) is 13.0. The third-order valence-electron chi connectivity index (χ3n) is 4.78. The highest BCUT2D eigenvalue weighted by Crippen LogP contribution is 2.20. The number of nitrogens with one attached hydrogen (secondary N) is 2. The standard InChI is InChI=1S/C22H25N3O3/c1-15-9-10-16(2)20-19(15)13-17(21(27)24-20)14-25(11-6-12-26)22(28)23-18-7-4-3-5-8-18/h3-5,7-10,13,26H,6,11-12,14H2,1-2H3,(H,23,28)(H,24,27). The third-order valence-corrected chi connectivity index (χ3v) is 4.78. The van der Waals surface area contributed by atoms with Crippen molar-refractivity contribution in [2.75, 3.05) is 18.5 Å². The van der Waals surface area contributed by atoms with E-state index in [-0.39, 0.29) is 24.7 Å². The number of benzene rings is 2. The molecule has 0 unspecified atom stereocenters. The second-order valence-corrected chi connectivity index (χ2v) is 6.91. The lowest BCUT2D eigenvalue weighted by Crippen LogP contribution is -2.37. The summed E-state index contributed by atoms with van der Waals surface area (Å²) in [4.78, 5) is 29.9. The van der Waals surface area contributed by atoms with E-state index < -0.39 is 0 Å². The summed E-state index contributed by atoms with van der Waals surface area (Å²) in [6, 6.07) is 14.7. The number of fused-ring (bicyclic) bond motifs is 1. The number of hydrogen-bond donors (Lipinski definition) is 3. The average Bonchev–Trinajstić information content (AvgIpc) is 2.69. The monoisotopic (exact) mass is 379 g/mol. The fourth-order valence-electron chi connectivity index (χ4n) is 3.18. The van der Waals surface area contributed by atoms with Crippen LogP contribution >= 0.6 is 0 Å². The van der Waals surface area contributed by atoms with Crippen molar-refractivity contribution in [2.24, 2.45) is 0 Å². The van der Waals surface area contributed by atoms with Crippen molar-refractivity contribution in [3.05, 3.63) is 75.6 Å². The first-order valence-electron chi connectivity index (χ1n) is 9.33. The number of pyridine rings is 1. The van der Waals surface area contributed by atoms with Crippen LogP contribution in [0.4, 0.5) is 10.5 Å². The van der Waals surface area contributed by atoms with Crippen molar-refractivity contribution < 1.29 is 9.90 Å². The molecule has 3 aromatic rings. The van der Waals surface area contributed by atoms with Gasteiger partial charge in [-0.15, -0.1) is 0 Å². The second kappa shape index (κ2) is 8.71. The second-order valence-electron chi connectivity index (χ2n) is 6.91. The zero-order chi connectivity index (χ0) is 20.1. The summed E-state index contributed by atoms with van der Waals surface area (Å²) < 4.78 is 0. The molecule has 0 atom stereocenters. The summed E-state index contributed by atoms with van der Waals surface area (Å²) in [7, 11) is 0. The molecule has 2 amide bonds. The average molecular weight is 379 g/mol. The number of aromatic amines is 1. The SMILES string of the molecule is Cc1ccc(C)c2[nH]c(=O)c(CN(CCCO)C(=O)Nc3ccccc3)cc12. The number of hydrogen-bond acceptors (Lipinski definition) is 3. The van der Waals surface area contributed by atoms with Crippen LogP contribution in [0.25, 0.3) is 10.9 Å². The number of aliphatic hydroxyl groups is 1. The van der Waals surface area contributed by atoms with E-state index in [0.717, 1.165) is 22.0 Å². The van der Waals surface area contributed by atoms with E-state index in [4.69, 9.17) is 0 Å². The van der Waals surface area contributed by atoms with E-state index in [9.17, 15) is 14.7 Å². The molecule has 0 spiro atoms. The molecule has 0 radical (unpaired) electrons. The van der Waals surface area contributed by atoms with Gasteiger partial charge in [-0.3, -0.25) is 4.79 Å². The van der Waals surface area contributed by atoms with Crippen LogP contribution in [0.15, 0.2) is 53.3 Å². The predicted molar refractivity (Wildman–Crippen MR) is 112 cm³/mol. The van der Waals surface area contributed by atoms with Gasteiger partial charge in [-0.25, -0.2) is 4.79 Å². The van der Waals surface area contributed by atoms with Gasteiger partial charge in [0.05, 0.1) is 12.1 Å². The fourth-order valence-corrected chi connectivity index (χ4v) is 3.18. The maximum atomic E-state index is 12.7. The normalized spacial score (nSPS) is 10.8. The lowest BCUT2D eigenvalue weighted by molar-refractivity contribution is 0.199. The van der Waals surface area contributed by atoms with Crippen molar-refractivity contribution in [1.29, 1.82) is 0 Å². The van der Waals surface area contributed by atoms with E-state index in [1.807, 2.05) is 50.2 Å². The number of aryl methyl sites for hydroxylation is 2. The van der Waals surface area contributed by atoms with Crippen LogP contribution in [0.2, 0.25) is 0 Å². The molecule has 0 saturated carbocycles. The number of nitrogens with zero attached hydrogens (tertiary/aromatic N) is 1. The molecule has 2 aromatic carbocycles. The number of aliphatic hydroxyl groups excluding tert-OH is 1. The number of H-pyrrole nitrogens is 1. The molecule has 6 nitrogen and oxygen atoms in total. The zero-order valence-electron chi connectivity index (χ0n) is 16.2. The molecule has 0 aliphatic heterocycles. The van der Waals surface area contributed by atoms with Gasteiger partial charge < -0.3 is 20.3 Å². The number of amides is 2. The molecule has 0 fully saturated rings. The minimum atomic E-state index is -0.305. The molecule has 28 heavy (non-hydrogen) atoms. The topological polar surface area (TPSA) is 85.4 Å². The Morgan fingerprint density at radius 2 is 1.82 bits per heavy atom. The Labute approximate surface area is 163 Å².